The van der Waals surface area contributed by atoms with Crippen molar-refractivity contribution in [3.05, 3.63) is 63.9 Å². The van der Waals surface area contributed by atoms with Crippen LogP contribution in [0.5, 0.6) is 0 Å². The van der Waals surface area contributed by atoms with Gasteiger partial charge in [-0.05, 0) is 48.1 Å². The van der Waals surface area contributed by atoms with Gasteiger partial charge >= 0.3 is 0 Å². The summed E-state index contributed by atoms with van der Waals surface area (Å²) in [6.45, 7) is 0.507. The second kappa shape index (κ2) is 6.88. The molecule has 0 aromatic heterocycles. The van der Waals surface area contributed by atoms with Gasteiger partial charge in [0.1, 0.15) is 5.82 Å². The van der Waals surface area contributed by atoms with Crippen LogP contribution in [-0.4, -0.2) is 5.11 Å². The second-order valence-corrected chi connectivity index (χ2v) is 5.29. The standard InChI is InChI=1S/C14H11Cl2FN2S/c15-12-6-5-11(7-13(12)16)19-14(20)18-8-9-1-3-10(17)4-2-9/h1-7H,8H2,(H2,18,19,20). The summed E-state index contributed by atoms with van der Waals surface area (Å²) >= 11 is 16.9. The zero-order valence-corrected chi connectivity index (χ0v) is 12.6. The van der Waals surface area contributed by atoms with Crippen LogP contribution in [0.2, 0.25) is 10.0 Å². The molecule has 0 saturated carbocycles. The Morgan fingerprint density at radius 2 is 1.75 bits per heavy atom. The minimum Gasteiger partial charge on any atom is -0.358 e. The fourth-order valence-electron chi connectivity index (χ4n) is 1.53. The lowest BCUT2D eigenvalue weighted by Crippen LogP contribution is -2.27. The highest BCUT2D eigenvalue weighted by Crippen LogP contribution is 2.24. The quantitative estimate of drug-likeness (QED) is 0.804. The van der Waals surface area contributed by atoms with Gasteiger partial charge < -0.3 is 10.6 Å². The van der Waals surface area contributed by atoms with Crippen LogP contribution in [0.4, 0.5) is 10.1 Å². The molecular formula is C14H11Cl2FN2S. The molecule has 0 fully saturated rings. The lowest BCUT2D eigenvalue weighted by molar-refractivity contribution is 0.627. The molecule has 0 spiro atoms. The van der Waals surface area contributed by atoms with Gasteiger partial charge in [0.25, 0.3) is 0 Å². The average molecular weight is 329 g/mol. The van der Waals surface area contributed by atoms with Crippen molar-refractivity contribution in [1.29, 1.82) is 0 Å². The first kappa shape index (κ1) is 15.0. The topological polar surface area (TPSA) is 24.1 Å². The highest BCUT2D eigenvalue weighted by Gasteiger charge is 2.02. The third-order valence-corrected chi connectivity index (χ3v) is 3.53. The Hall–Kier alpha value is -1.36. The Labute approximate surface area is 131 Å². The van der Waals surface area contributed by atoms with Gasteiger partial charge in [-0.3, -0.25) is 0 Å². The molecule has 0 unspecified atom stereocenters. The summed E-state index contributed by atoms with van der Waals surface area (Å²) in [4.78, 5) is 0. The van der Waals surface area contributed by atoms with E-state index >= 15 is 0 Å². The maximum absolute atomic E-state index is 12.8. The number of benzene rings is 2. The van der Waals surface area contributed by atoms with E-state index in [-0.39, 0.29) is 5.82 Å². The lowest BCUT2D eigenvalue weighted by Gasteiger charge is -2.11. The fourth-order valence-corrected chi connectivity index (χ4v) is 2.02. The summed E-state index contributed by atoms with van der Waals surface area (Å²) in [6.07, 6.45) is 0. The molecule has 2 aromatic carbocycles. The number of thiocarbonyl (C=S) groups is 1. The Bertz CT molecular complexity index is 617. The number of rotatable bonds is 3. The monoisotopic (exact) mass is 328 g/mol. The van der Waals surface area contributed by atoms with Crippen molar-refractivity contribution < 1.29 is 4.39 Å². The van der Waals surface area contributed by atoms with Crippen LogP contribution in [-0.2, 0) is 6.54 Å². The van der Waals surface area contributed by atoms with Gasteiger partial charge in [0.2, 0.25) is 0 Å². The van der Waals surface area contributed by atoms with E-state index in [1.54, 1.807) is 30.3 Å². The molecule has 0 heterocycles. The molecule has 0 bridgehead atoms. The van der Waals surface area contributed by atoms with Gasteiger partial charge in [0.15, 0.2) is 5.11 Å². The zero-order chi connectivity index (χ0) is 14.5. The molecule has 2 N–H and O–H groups in total. The van der Waals surface area contributed by atoms with E-state index in [1.165, 1.54) is 12.1 Å². The van der Waals surface area contributed by atoms with Crippen molar-refractivity contribution in [1.82, 2.24) is 5.32 Å². The maximum atomic E-state index is 12.8. The van der Waals surface area contributed by atoms with Crippen LogP contribution >= 0.6 is 35.4 Å². The first-order valence-electron chi connectivity index (χ1n) is 5.79. The third-order valence-electron chi connectivity index (χ3n) is 2.54. The molecule has 0 atom stereocenters. The summed E-state index contributed by atoms with van der Waals surface area (Å²) in [6, 6.07) is 11.4. The highest BCUT2D eigenvalue weighted by molar-refractivity contribution is 7.80. The molecule has 0 amide bonds. The molecule has 0 aliphatic rings. The maximum Gasteiger partial charge on any atom is 0.171 e. The summed E-state index contributed by atoms with van der Waals surface area (Å²) < 4.78 is 12.8. The van der Waals surface area contributed by atoms with Crippen molar-refractivity contribution in [2.24, 2.45) is 0 Å². The summed E-state index contributed by atoms with van der Waals surface area (Å²) in [5, 5.41) is 7.41. The van der Waals surface area contributed by atoms with Crippen molar-refractivity contribution >= 4 is 46.2 Å². The minimum atomic E-state index is -0.259. The van der Waals surface area contributed by atoms with Gasteiger partial charge in [-0.2, -0.15) is 0 Å². The normalized spacial score (nSPS) is 10.2. The van der Waals surface area contributed by atoms with Crippen LogP contribution in [0.15, 0.2) is 42.5 Å². The van der Waals surface area contributed by atoms with Gasteiger partial charge in [-0.15, -0.1) is 0 Å². The number of hydrogen-bond donors (Lipinski definition) is 2. The van der Waals surface area contributed by atoms with Crippen LogP contribution in [0.1, 0.15) is 5.56 Å². The first-order chi connectivity index (χ1) is 9.54. The Morgan fingerprint density at radius 1 is 1.05 bits per heavy atom. The molecule has 20 heavy (non-hydrogen) atoms. The van der Waals surface area contributed by atoms with E-state index in [0.29, 0.717) is 21.7 Å². The van der Waals surface area contributed by atoms with E-state index in [1.807, 2.05) is 0 Å². The van der Waals surface area contributed by atoms with E-state index < -0.39 is 0 Å². The molecule has 0 radical (unpaired) electrons. The number of nitrogens with one attached hydrogen (secondary N) is 2. The van der Waals surface area contributed by atoms with E-state index in [9.17, 15) is 4.39 Å². The van der Waals surface area contributed by atoms with E-state index in [4.69, 9.17) is 35.4 Å². The predicted molar refractivity (Wildman–Crippen MR) is 85.9 cm³/mol. The Kier molecular flexibility index (Phi) is 5.17. The largest absolute Gasteiger partial charge is 0.358 e. The van der Waals surface area contributed by atoms with Crippen molar-refractivity contribution in [3.63, 3.8) is 0 Å². The zero-order valence-electron chi connectivity index (χ0n) is 10.3. The average Bonchev–Trinajstić information content (AvgIpc) is 2.42. The Morgan fingerprint density at radius 3 is 2.40 bits per heavy atom. The molecule has 0 aliphatic carbocycles. The lowest BCUT2D eigenvalue weighted by atomic mass is 10.2. The first-order valence-corrected chi connectivity index (χ1v) is 6.95. The Balaban J connectivity index is 1.89. The van der Waals surface area contributed by atoms with E-state index in [0.717, 1.165) is 11.3 Å². The molecule has 2 rings (SSSR count). The minimum absolute atomic E-state index is 0.259. The molecule has 2 aromatic rings. The molecule has 0 aliphatic heterocycles. The van der Waals surface area contributed by atoms with Crippen LogP contribution in [0, 0.1) is 5.82 Å². The number of anilines is 1. The van der Waals surface area contributed by atoms with Crippen molar-refractivity contribution in [2.45, 2.75) is 6.54 Å². The second-order valence-electron chi connectivity index (χ2n) is 4.06. The number of hydrogen-bond acceptors (Lipinski definition) is 1. The fraction of sp³-hybridized carbons (Fsp3) is 0.0714. The highest BCUT2D eigenvalue weighted by atomic mass is 35.5. The summed E-state index contributed by atoms with van der Waals surface area (Å²) in [5.74, 6) is -0.259. The van der Waals surface area contributed by atoms with Gasteiger partial charge in [-0.25, -0.2) is 4.39 Å². The van der Waals surface area contributed by atoms with Crippen molar-refractivity contribution in [3.8, 4) is 0 Å². The molecular weight excluding hydrogens is 318 g/mol. The van der Waals surface area contributed by atoms with E-state index in [2.05, 4.69) is 10.6 Å². The predicted octanol–water partition coefficient (Wildman–Crippen LogP) is 4.62. The summed E-state index contributed by atoms with van der Waals surface area (Å²) in [7, 11) is 0. The van der Waals surface area contributed by atoms with Gasteiger partial charge in [0, 0.05) is 12.2 Å². The molecule has 6 heteroatoms. The smallest absolute Gasteiger partial charge is 0.171 e. The summed E-state index contributed by atoms with van der Waals surface area (Å²) in [5.41, 5.74) is 1.68. The SMILES string of the molecule is Fc1ccc(CNC(=S)Nc2ccc(Cl)c(Cl)c2)cc1. The molecule has 2 nitrogen and oxygen atoms in total. The van der Waals surface area contributed by atoms with Crippen molar-refractivity contribution in [2.75, 3.05) is 5.32 Å². The molecule has 104 valence electrons. The molecule has 0 saturated heterocycles. The number of halogens is 3. The third kappa shape index (κ3) is 4.34. The van der Waals surface area contributed by atoms with Crippen LogP contribution in [0.3, 0.4) is 0 Å². The van der Waals surface area contributed by atoms with Crippen LogP contribution < -0.4 is 10.6 Å². The van der Waals surface area contributed by atoms with Gasteiger partial charge in [0.05, 0.1) is 10.0 Å². The van der Waals surface area contributed by atoms with Gasteiger partial charge in [-0.1, -0.05) is 35.3 Å². The van der Waals surface area contributed by atoms with Crippen LogP contribution in [0.25, 0.3) is 0 Å².